The number of hydrogen-bond donors (Lipinski definition) is 1. The van der Waals surface area contributed by atoms with Gasteiger partial charge in [-0.25, -0.2) is 0 Å². The summed E-state index contributed by atoms with van der Waals surface area (Å²) in [5, 5.41) is 10.6. The van der Waals surface area contributed by atoms with Crippen molar-refractivity contribution in [2.75, 3.05) is 0 Å². The second-order valence-electron chi connectivity index (χ2n) is 5.68. The molecule has 1 saturated carbocycles. The quantitative estimate of drug-likeness (QED) is 0.741. The fourth-order valence-electron chi connectivity index (χ4n) is 2.89. The van der Waals surface area contributed by atoms with Crippen molar-refractivity contribution in [3.05, 3.63) is 32.7 Å². The van der Waals surface area contributed by atoms with Crippen molar-refractivity contribution in [1.29, 1.82) is 0 Å². The Balaban J connectivity index is 2.13. The molecule has 0 spiro atoms. The van der Waals surface area contributed by atoms with Crippen LogP contribution in [-0.2, 0) is 0 Å². The van der Waals surface area contributed by atoms with Crippen LogP contribution in [0.15, 0.2) is 27.1 Å². The zero-order valence-electron chi connectivity index (χ0n) is 10.9. The van der Waals surface area contributed by atoms with Gasteiger partial charge in [0.25, 0.3) is 0 Å². The Labute approximate surface area is 126 Å². The molecule has 0 aromatic heterocycles. The molecule has 4 unspecified atom stereocenters. The molecule has 1 fully saturated rings. The van der Waals surface area contributed by atoms with Crippen molar-refractivity contribution in [2.24, 2.45) is 17.8 Å². The SMILES string of the molecule is CC1CCC(C(O)c2cc(Br)cc(Br)c2)CC1C. The van der Waals surface area contributed by atoms with E-state index in [-0.39, 0.29) is 6.10 Å². The highest BCUT2D eigenvalue weighted by molar-refractivity contribution is 9.11. The molecule has 3 heteroatoms. The monoisotopic (exact) mass is 374 g/mol. The normalized spacial score (nSPS) is 30.2. The van der Waals surface area contributed by atoms with E-state index in [9.17, 15) is 5.11 Å². The van der Waals surface area contributed by atoms with Gasteiger partial charge in [0.15, 0.2) is 0 Å². The molecule has 100 valence electrons. The standard InChI is InChI=1S/C15H20Br2O/c1-9-3-4-11(5-10(9)2)15(18)12-6-13(16)8-14(17)7-12/h6-11,15,18H,3-5H2,1-2H3. The molecule has 0 aliphatic heterocycles. The predicted octanol–water partition coefficient (Wildman–Crippen LogP) is 5.32. The van der Waals surface area contributed by atoms with Gasteiger partial charge in [0.1, 0.15) is 0 Å². The molecular weight excluding hydrogens is 356 g/mol. The number of benzene rings is 1. The molecule has 0 heterocycles. The minimum Gasteiger partial charge on any atom is -0.388 e. The minimum absolute atomic E-state index is 0.339. The summed E-state index contributed by atoms with van der Waals surface area (Å²) in [6, 6.07) is 6.05. The van der Waals surface area contributed by atoms with E-state index in [1.165, 1.54) is 6.42 Å². The Hall–Kier alpha value is 0.140. The molecule has 0 bridgehead atoms. The van der Waals surface area contributed by atoms with Crippen LogP contribution in [-0.4, -0.2) is 5.11 Å². The van der Waals surface area contributed by atoms with Crippen LogP contribution in [0.25, 0.3) is 0 Å². The molecule has 18 heavy (non-hydrogen) atoms. The van der Waals surface area contributed by atoms with E-state index >= 15 is 0 Å². The van der Waals surface area contributed by atoms with E-state index in [1.54, 1.807) is 0 Å². The molecule has 1 nitrogen and oxygen atoms in total. The molecular formula is C15H20Br2O. The average Bonchev–Trinajstić information content (AvgIpc) is 2.30. The van der Waals surface area contributed by atoms with Crippen molar-refractivity contribution in [3.8, 4) is 0 Å². The van der Waals surface area contributed by atoms with Crippen molar-refractivity contribution >= 4 is 31.9 Å². The summed E-state index contributed by atoms with van der Waals surface area (Å²) >= 11 is 6.97. The van der Waals surface area contributed by atoms with E-state index in [4.69, 9.17) is 0 Å². The molecule has 0 radical (unpaired) electrons. The fourth-order valence-corrected chi connectivity index (χ4v) is 4.22. The van der Waals surface area contributed by atoms with Crippen molar-refractivity contribution in [1.82, 2.24) is 0 Å². The first-order valence-corrected chi connectivity index (χ1v) is 8.20. The van der Waals surface area contributed by atoms with Gasteiger partial charge in [-0.05, 0) is 54.4 Å². The predicted molar refractivity (Wildman–Crippen MR) is 82.5 cm³/mol. The van der Waals surface area contributed by atoms with Gasteiger partial charge in [-0.1, -0.05) is 52.1 Å². The number of halogens is 2. The Morgan fingerprint density at radius 2 is 1.67 bits per heavy atom. The maximum absolute atomic E-state index is 10.6. The highest BCUT2D eigenvalue weighted by atomic mass is 79.9. The molecule has 1 aromatic rings. The summed E-state index contributed by atoms with van der Waals surface area (Å²) in [6.07, 6.45) is 3.16. The lowest BCUT2D eigenvalue weighted by Crippen LogP contribution is -2.25. The van der Waals surface area contributed by atoms with E-state index in [1.807, 2.05) is 18.2 Å². The van der Waals surface area contributed by atoms with Crippen LogP contribution in [0.3, 0.4) is 0 Å². The number of rotatable bonds is 2. The van der Waals surface area contributed by atoms with Gasteiger partial charge < -0.3 is 5.11 Å². The second kappa shape index (κ2) is 6.06. The van der Waals surface area contributed by atoms with Gasteiger partial charge in [-0.15, -0.1) is 0 Å². The second-order valence-corrected chi connectivity index (χ2v) is 7.51. The molecule has 1 aliphatic rings. The van der Waals surface area contributed by atoms with Crippen LogP contribution < -0.4 is 0 Å². The molecule has 2 rings (SSSR count). The Bertz CT molecular complexity index is 399. The minimum atomic E-state index is -0.339. The van der Waals surface area contributed by atoms with Gasteiger partial charge in [-0.3, -0.25) is 0 Å². The molecule has 0 amide bonds. The third kappa shape index (κ3) is 3.37. The molecule has 1 N–H and O–H groups in total. The van der Waals surface area contributed by atoms with Crippen LogP contribution in [0.2, 0.25) is 0 Å². The summed E-state index contributed by atoms with van der Waals surface area (Å²) < 4.78 is 2.03. The lowest BCUT2D eigenvalue weighted by atomic mass is 9.73. The molecule has 1 aromatic carbocycles. The molecule has 0 saturated heterocycles. The maximum atomic E-state index is 10.6. The lowest BCUT2D eigenvalue weighted by molar-refractivity contribution is 0.0560. The fraction of sp³-hybridized carbons (Fsp3) is 0.600. The number of aliphatic hydroxyl groups is 1. The summed E-state index contributed by atoms with van der Waals surface area (Å²) in [4.78, 5) is 0. The van der Waals surface area contributed by atoms with Crippen LogP contribution in [0.5, 0.6) is 0 Å². The van der Waals surface area contributed by atoms with Crippen molar-refractivity contribution in [2.45, 2.75) is 39.2 Å². The Morgan fingerprint density at radius 3 is 2.22 bits per heavy atom. The van der Waals surface area contributed by atoms with E-state index in [0.717, 1.165) is 33.3 Å². The smallest absolute Gasteiger partial charge is 0.0819 e. The molecule has 1 aliphatic carbocycles. The average molecular weight is 376 g/mol. The third-order valence-corrected chi connectivity index (χ3v) is 5.23. The first-order chi connectivity index (χ1) is 8.47. The summed E-state index contributed by atoms with van der Waals surface area (Å²) in [5.41, 5.74) is 1.02. The third-order valence-electron chi connectivity index (χ3n) is 4.31. The van der Waals surface area contributed by atoms with Gasteiger partial charge in [0.2, 0.25) is 0 Å². The summed E-state index contributed by atoms with van der Waals surface area (Å²) in [7, 11) is 0. The Kier molecular flexibility index (Phi) is 4.90. The largest absolute Gasteiger partial charge is 0.388 e. The highest BCUT2D eigenvalue weighted by Gasteiger charge is 2.30. The lowest BCUT2D eigenvalue weighted by Gasteiger charge is -2.34. The Morgan fingerprint density at radius 1 is 1.06 bits per heavy atom. The zero-order chi connectivity index (χ0) is 13.3. The number of aliphatic hydroxyl groups excluding tert-OH is 1. The van der Waals surface area contributed by atoms with Crippen LogP contribution in [0.1, 0.15) is 44.8 Å². The van der Waals surface area contributed by atoms with Crippen LogP contribution >= 0.6 is 31.9 Å². The van der Waals surface area contributed by atoms with Crippen LogP contribution in [0.4, 0.5) is 0 Å². The first kappa shape index (κ1) is 14.5. The number of hydrogen-bond acceptors (Lipinski definition) is 1. The van der Waals surface area contributed by atoms with E-state index < -0.39 is 0 Å². The van der Waals surface area contributed by atoms with Gasteiger partial charge in [0, 0.05) is 8.95 Å². The van der Waals surface area contributed by atoms with E-state index in [2.05, 4.69) is 45.7 Å². The first-order valence-electron chi connectivity index (χ1n) is 6.61. The van der Waals surface area contributed by atoms with Crippen LogP contribution in [0, 0.1) is 17.8 Å². The molecule has 4 atom stereocenters. The highest BCUT2D eigenvalue weighted by Crippen LogP contribution is 2.40. The summed E-state index contributed by atoms with van der Waals surface area (Å²) in [5.74, 6) is 1.91. The van der Waals surface area contributed by atoms with E-state index in [0.29, 0.717) is 11.8 Å². The van der Waals surface area contributed by atoms with Gasteiger partial charge in [-0.2, -0.15) is 0 Å². The maximum Gasteiger partial charge on any atom is 0.0819 e. The topological polar surface area (TPSA) is 20.2 Å². The van der Waals surface area contributed by atoms with Crippen molar-refractivity contribution in [3.63, 3.8) is 0 Å². The van der Waals surface area contributed by atoms with Gasteiger partial charge >= 0.3 is 0 Å². The van der Waals surface area contributed by atoms with Gasteiger partial charge in [0.05, 0.1) is 6.10 Å². The zero-order valence-corrected chi connectivity index (χ0v) is 14.0. The summed E-state index contributed by atoms with van der Waals surface area (Å²) in [6.45, 7) is 4.63. The van der Waals surface area contributed by atoms with Crippen molar-refractivity contribution < 1.29 is 5.11 Å².